The molecular weight excluding hydrogens is 389 g/mol. The summed E-state index contributed by atoms with van der Waals surface area (Å²) in [6, 6.07) is 10.3. The molecule has 1 unspecified atom stereocenters. The van der Waals surface area contributed by atoms with Crippen LogP contribution in [-0.4, -0.2) is 21.4 Å². The van der Waals surface area contributed by atoms with E-state index in [0.29, 0.717) is 22.7 Å². The average Bonchev–Trinajstić information content (AvgIpc) is 3.11. The summed E-state index contributed by atoms with van der Waals surface area (Å²) in [5.74, 6) is 0. The highest BCUT2D eigenvalue weighted by molar-refractivity contribution is 7.89. The maximum atomic E-state index is 12.7. The molecule has 0 radical (unpaired) electrons. The molecule has 1 aromatic heterocycles. The maximum absolute atomic E-state index is 12.7. The van der Waals surface area contributed by atoms with Crippen LogP contribution in [0.4, 0.5) is 18.9 Å². The number of halogens is 3. The Hall–Kier alpha value is -2.49. The third kappa shape index (κ3) is 4.67. The highest BCUT2D eigenvalue weighted by atomic mass is 32.2. The second-order valence-electron chi connectivity index (χ2n) is 6.16. The summed E-state index contributed by atoms with van der Waals surface area (Å²) in [5, 5.41) is 7.52. The van der Waals surface area contributed by atoms with Crippen LogP contribution in [-0.2, 0) is 24.1 Å². The topological polar surface area (TPSA) is 64.9 Å². The normalized spacial score (nSPS) is 12.8. The van der Waals surface area contributed by atoms with Gasteiger partial charge in [0.2, 0.25) is 0 Å². The minimum atomic E-state index is -4.35. The Morgan fingerprint density at radius 2 is 1.86 bits per heavy atom. The van der Waals surface area contributed by atoms with Crippen molar-refractivity contribution in [2.75, 3.05) is 12.4 Å². The van der Waals surface area contributed by atoms with Gasteiger partial charge >= 0.3 is 6.18 Å². The van der Waals surface area contributed by atoms with Gasteiger partial charge in [0.1, 0.15) is 0 Å². The predicted octanol–water partition coefficient (Wildman–Crippen LogP) is 4.05. The number of nitrogens with zero attached hydrogens (tertiary/aromatic N) is 2. The molecule has 5 nitrogen and oxygen atoms in total. The van der Waals surface area contributed by atoms with E-state index in [1.807, 2.05) is 13.1 Å². The summed E-state index contributed by atoms with van der Waals surface area (Å²) < 4.78 is 54.5. The van der Waals surface area contributed by atoms with E-state index in [0.717, 1.165) is 23.4 Å². The Bertz CT molecular complexity index is 941. The summed E-state index contributed by atoms with van der Waals surface area (Å²) in [5.41, 5.74) is 2.41. The third-order valence-corrected chi connectivity index (χ3v) is 5.14. The van der Waals surface area contributed by atoms with Crippen molar-refractivity contribution >= 4 is 17.0 Å². The van der Waals surface area contributed by atoms with Crippen molar-refractivity contribution in [2.24, 2.45) is 0 Å². The van der Waals surface area contributed by atoms with Gasteiger partial charge in [0.15, 0.2) is 4.90 Å². The largest absolute Gasteiger partial charge is 0.593 e. The minimum absolute atomic E-state index is 0.333. The number of nitrogens with one attached hydrogen (secondary N) is 2. The van der Waals surface area contributed by atoms with Gasteiger partial charge in [0.25, 0.3) is 0 Å². The van der Waals surface area contributed by atoms with Crippen LogP contribution in [0.15, 0.2) is 59.8 Å². The number of aryl methyl sites for hydroxylation is 1. The minimum Gasteiger partial charge on any atom is -0.593 e. The molecule has 0 aliphatic carbocycles. The van der Waals surface area contributed by atoms with Crippen LogP contribution in [0.25, 0.3) is 5.69 Å². The quantitative estimate of drug-likeness (QED) is 0.604. The molecule has 0 saturated carbocycles. The fourth-order valence-corrected chi connectivity index (χ4v) is 3.28. The fraction of sp³-hybridized carbons (Fsp3) is 0.211. The lowest BCUT2D eigenvalue weighted by Crippen LogP contribution is -2.19. The summed E-state index contributed by atoms with van der Waals surface area (Å²) >= 11 is -1.35. The predicted molar refractivity (Wildman–Crippen MR) is 103 cm³/mol. The Morgan fingerprint density at radius 3 is 2.43 bits per heavy atom. The molecule has 148 valence electrons. The zero-order valence-electron chi connectivity index (χ0n) is 15.2. The maximum Gasteiger partial charge on any atom is 0.416 e. The van der Waals surface area contributed by atoms with Crippen LogP contribution < -0.4 is 10.0 Å². The number of alkyl halides is 3. The van der Waals surface area contributed by atoms with Crippen molar-refractivity contribution in [3.05, 3.63) is 71.5 Å². The van der Waals surface area contributed by atoms with Gasteiger partial charge < -0.3 is 9.87 Å². The van der Waals surface area contributed by atoms with Crippen LogP contribution in [0.2, 0.25) is 0 Å². The lowest BCUT2D eigenvalue weighted by Gasteiger charge is -2.15. The SMILES string of the molecule is CN[S+]([O-])c1ccc(NCc2ccc(C(F)(F)F)cc2)c(-n2cc(C)cn2)c1. The molecule has 0 aliphatic heterocycles. The number of hydrogen-bond acceptors (Lipinski definition) is 4. The number of anilines is 1. The molecule has 0 saturated heterocycles. The molecule has 28 heavy (non-hydrogen) atoms. The molecule has 2 N–H and O–H groups in total. The molecule has 9 heteroatoms. The summed E-state index contributed by atoms with van der Waals surface area (Å²) in [7, 11) is 1.60. The first kappa shape index (κ1) is 20.2. The lowest BCUT2D eigenvalue weighted by atomic mass is 10.1. The average molecular weight is 408 g/mol. The second kappa shape index (κ2) is 8.26. The van der Waals surface area contributed by atoms with Crippen molar-refractivity contribution in [3.8, 4) is 5.69 Å². The van der Waals surface area contributed by atoms with Gasteiger partial charge in [-0.15, -0.1) is 4.72 Å². The van der Waals surface area contributed by atoms with Gasteiger partial charge in [-0.25, -0.2) is 4.68 Å². The fourth-order valence-electron chi connectivity index (χ4n) is 2.64. The summed E-state index contributed by atoms with van der Waals surface area (Å²) in [6.45, 7) is 2.24. The van der Waals surface area contributed by atoms with E-state index in [-0.39, 0.29) is 0 Å². The Labute approximate surface area is 163 Å². The van der Waals surface area contributed by atoms with Crippen molar-refractivity contribution in [1.82, 2.24) is 14.5 Å². The zero-order valence-corrected chi connectivity index (χ0v) is 16.1. The molecule has 0 spiro atoms. The van der Waals surface area contributed by atoms with Crippen LogP contribution in [0.5, 0.6) is 0 Å². The van der Waals surface area contributed by atoms with Gasteiger partial charge in [-0.05, 0) is 42.3 Å². The highest BCUT2D eigenvalue weighted by Crippen LogP contribution is 2.29. The monoisotopic (exact) mass is 408 g/mol. The first-order chi connectivity index (χ1) is 13.3. The Balaban J connectivity index is 1.84. The van der Waals surface area contributed by atoms with Crippen LogP contribution in [0, 0.1) is 6.92 Å². The standard InChI is InChI=1S/C19H19F3N4OS/c1-13-10-25-26(12-13)18-9-16(28(27)23-2)7-8-17(18)24-11-14-3-5-15(6-4-14)19(20,21)22/h3-10,12,23-24H,11H2,1-2H3. The zero-order chi connectivity index (χ0) is 20.3. The van der Waals surface area contributed by atoms with Crippen LogP contribution in [0.1, 0.15) is 16.7 Å². The van der Waals surface area contributed by atoms with Gasteiger partial charge in [-0.3, -0.25) is 0 Å². The Morgan fingerprint density at radius 1 is 1.14 bits per heavy atom. The molecule has 3 rings (SSSR count). The van der Waals surface area contributed by atoms with Crippen LogP contribution >= 0.6 is 0 Å². The number of hydrogen-bond donors (Lipinski definition) is 2. The number of aromatic nitrogens is 2. The summed E-state index contributed by atoms with van der Waals surface area (Å²) in [6.07, 6.45) is -0.804. The van der Waals surface area contributed by atoms with Crippen molar-refractivity contribution in [1.29, 1.82) is 0 Å². The second-order valence-corrected chi connectivity index (χ2v) is 7.58. The Kier molecular flexibility index (Phi) is 5.97. The van der Waals surface area contributed by atoms with E-state index in [9.17, 15) is 17.7 Å². The van der Waals surface area contributed by atoms with E-state index in [1.54, 1.807) is 36.1 Å². The third-order valence-electron chi connectivity index (χ3n) is 4.09. The van der Waals surface area contributed by atoms with E-state index in [4.69, 9.17) is 0 Å². The van der Waals surface area contributed by atoms with Gasteiger partial charge in [-0.1, -0.05) is 12.1 Å². The first-order valence-electron chi connectivity index (χ1n) is 8.43. The molecule has 2 aromatic carbocycles. The number of benzene rings is 2. The molecule has 0 fully saturated rings. The smallest absolute Gasteiger partial charge is 0.416 e. The molecule has 3 aromatic rings. The van der Waals surface area contributed by atoms with Crippen molar-refractivity contribution < 1.29 is 17.7 Å². The summed E-state index contributed by atoms with van der Waals surface area (Å²) in [4.78, 5) is 0.589. The van der Waals surface area contributed by atoms with Gasteiger partial charge in [0, 0.05) is 25.9 Å². The van der Waals surface area contributed by atoms with E-state index in [2.05, 4.69) is 15.1 Å². The molecule has 0 amide bonds. The van der Waals surface area contributed by atoms with Gasteiger partial charge in [-0.2, -0.15) is 18.3 Å². The van der Waals surface area contributed by atoms with Gasteiger partial charge in [0.05, 0.1) is 34.5 Å². The molecule has 0 aliphatic rings. The number of rotatable bonds is 6. The van der Waals surface area contributed by atoms with E-state index < -0.39 is 23.1 Å². The van der Waals surface area contributed by atoms with E-state index in [1.165, 1.54) is 12.1 Å². The lowest BCUT2D eigenvalue weighted by molar-refractivity contribution is -0.137. The highest BCUT2D eigenvalue weighted by Gasteiger charge is 2.29. The van der Waals surface area contributed by atoms with Crippen molar-refractivity contribution in [2.45, 2.75) is 24.5 Å². The molecule has 1 atom stereocenters. The molecular formula is C19H19F3N4OS. The molecule has 1 heterocycles. The van der Waals surface area contributed by atoms with Crippen LogP contribution in [0.3, 0.4) is 0 Å². The van der Waals surface area contributed by atoms with Crippen molar-refractivity contribution in [3.63, 3.8) is 0 Å². The first-order valence-corrected chi connectivity index (χ1v) is 9.58. The van der Waals surface area contributed by atoms with E-state index >= 15 is 0 Å². The molecule has 0 bridgehead atoms.